The van der Waals surface area contributed by atoms with Crippen LogP contribution >= 0.6 is 0 Å². The summed E-state index contributed by atoms with van der Waals surface area (Å²) >= 11 is 0. The van der Waals surface area contributed by atoms with E-state index in [0.29, 0.717) is 11.8 Å². The maximum Gasteiger partial charge on any atom is 0.117 e. The molecule has 0 aliphatic heterocycles. The van der Waals surface area contributed by atoms with Gasteiger partial charge in [0.2, 0.25) is 0 Å². The molecule has 0 saturated heterocycles. The maximum absolute atomic E-state index is 10.1. The van der Waals surface area contributed by atoms with E-state index in [1.165, 1.54) is 64.2 Å². The molecule has 1 nitrogen and oxygen atoms in total. The number of aliphatic hydroxyl groups is 1. The van der Waals surface area contributed by atoms with Crippen LogP contribution in [0.25, 0.3) is 0 Å². The van der Waals surface area contributed by atoms with Gasteiger partial charge in [-0.2, -0.15) is 0 Å². The molecule has 0 aromatic heterocycles. The van der Waals surface area contributed by atoms with Crippen molar-refractivity contribution >= 4 is 0 Å². The van der Waals surface area contributed by atoms with E-state index in [9.17, 15) is 5.11 Å². The Kier molecular flexibility index (Phi) is 5.57. The fourth-order valence-electron chi connectivity index (χ4n) is 3.54. The molecule has 2 aliphatic rings. The van der Waals surface area contributed by atoms with Gasteiger partial charge in [0.15, 0.2) is 0 Å². The Morgan fingerprint density at radius 2 is 1.28 bits per heavy atom. The first kappa shape index (κ1) is 13.9. The van der Waals surface area contributed by atoms with Crippen LogP contribution in [-0.4, -0.2) is 11.2 Å². The molecule has 0 bridgehead atoms. The van der Waals surface area contributed by atoms with Gasteiger partial charge in [-0.15, -0.1) is 0 Å². The second-order valence-electron chi connectivity index (χ2n) is 6.32. The van der Waals surface area contributed by atoms with Gasteiger partial charge < -0.3 is 5.11 Å². The molecule has 2 rings (SSSR count). The molecule has 0 heterocycles. The van der Waals surface area contributed by atoms with Crippen molar-refractivity contribution in [1.82, 2.24) is 0 Å². The average Bonchev–Trinajstić information content (AvgIpc) is 2.46. The Hall–Kier alpha value is -0.480. The van der Waals surface area contributed by atoms with Crippen LogP contribution in [0.4, 0.5) is 0 Å². The first-order valence-electron chi connectivity index (χ1n) is 7.96. The smallest absolute Gasteiger partial charge is 0.117 e. The zero-order valence-electron chi connectivity index (χ0n) is 11.8. The van der Waals surface area contributed by atoms with Crippen molar-refractivity contribution in [1.29, 1.82) is 0 Å². The summed E-state index contributed by atoms with van der Waals surface area (Å²) in [5.74, 6) is 8.21. The number of hydrogen-bond donors (Lipinski definition) is 1. The Labute approximate surface area is 112 Å². The second kappa shape index (κ2) is 7.19. The lowest BCUT2D eigenvalue weighted by Crippen LogP contribution is -2.21. The summed E-state index contributed by atoms with van der Waals surface area (Å²) in [5.41, 5.74) is 0. The van der Waals surface area contributed by atoms with E-state index in [0.717, 1.165) is 5.92 Å². The van der Waals surface area contributed by atoms with Gasteiger partial charge in [-0.25, -0.2) is 0 Å². The van der Waals surface area contributed by atoms with Crippen LogP contribution in [0.3, 0.4) is 0 Å². The highest BCUT2D eigenvalue weighted by molar-refractivity contribution is 5.10. The minimum atomic E-state index is -0.364. The van der Waals surface area contributed by atoms with Crippen molar-refractivity contribution < 1.29 is 5.11 Å². The van der Waals surface area contributed by atoms with E-state index in [-0.39, 0.29) is 6.10 Å². The highest BCUT2D eigenvalue weighted by Gasteiger charge is 2.21. The molecule has 0 amide bonds. The lowest BCUT2D eigenvalue weighted by molar-refractivity contribution is 0.132. The lowest BCUT2D eigenvalue weighted by atomic mass is 9.80. The van der Waals surface area contributed by atoms with Gasteiger partial charge in [0, 0.05) is 5.92 Å². The normalized spacial score (nSPS) is 26.1. The van der Waals surface area contributed by atoms with Crippen LogP contribution in [0.15, 0.2) is 0 Å². The molecule has 0 aromatic carbocycles. The minimum Gasteiger partial charge on any atom is -0.380 e. The summed E-state index contributed by atoms with van der Waals surface area (Å²) in [6, 6.07) is 0. The van der Waals surface area contributed by atoms with Gasteiger partial charge in [-0.1, -0.05) is 57.3 Å². The standard InChI is InChI=1S/C17H28O/c1-14(15-8-4-2-5-9-15)12-13-17(18)16-10-6-3-7-11-16/h14-18H,2-11H2,1H3/t14-,17-/m0/s1. The van der Waals surface area contributed by atoms with Gasteiger partial charge in [0.25, 0.3) is 0 Å². The van der Waals surface area contributed by atoms with Gasteiger partial charge >= 0.3 is 0 Å². The Morgan fingerprint density at radius 1 is 0.778 bits per heavy atom. The summed E-state index contributed by atoms with van der Waals surface area (Å²) in [7, 11) is 0. The molecule has 2 atom stereocenters. The van der Waals surface area contributed by atoms with E-state index in [2.05, 4.69) is 18.8 Å². The van der Waals surface area contributed by atoms with E-state index in [1.54, 1.807) is 0 Å². The van der Waals surface area contributed by atoms with Crippen molar-refractivity contribution in [2.24, 2.45) is 17.8 Å². The van der Waals surface area contributed by atoms with Crippen molar-refractivity contribution in [2.45, 2.75) is 77.2 Å². The summed E-state index contributed by atoms with van der Waals surface area (Å²) in [6.45, 7) is 2.25. The third kappa shape index (κ3) is 4.02. The molecule has 0 unspecified atom stereocenters. The molecule has 18 heavy (non-hydrogen) atoms. The van der Waals surface area contributed by atoms with Crippen molar-refractivity contribution in [3.05, 3.63) is 0 Å². The van der Waals surface area contributed by atoms with Crippen LogP contribution in [0, 0.1) is 29.6 Å². The van der Waals surface area contributed by atoms with Crippen molar-refractivity contribution in [3.8, 4) is 11.8 Å². The Balaban J connectivity index is 1.81. The third-order valence-electron chi connectivity index (χ3n) is 4.91. The Bertz CT molecular complexity index is 258. The SMILES string of the molecule is C[C@@H](C#C[C@H](O)C1CCCCC1)C1CCCCC1. The molecule has 0 aromatic rings. The summed E-state index contributed by atoms with van der Waals surface area (Å²) in [5, 5.41) is 10.1. The van der Waals surface area contributed by atoms with Crippen LogP contribution in [0.1, 0.15) is 71.1 Å². The quantitative estimate of drug-likeness (QED) is 0.728. The van der Waals surface area contributed by atoms with E-state index in [1.807, 2.05) is 0 Å². The molecule has 0 spiro atoms. The third-order valence-corrected chi connectivity index (χ3v) is 4.91. The molecular formula is C17H28O. The summed E-state index contributed by atoms with van der Waals surface area (Å²) in [4.78, 5) is 0. The monoisotopic (exact) mass is 248 g/mol. The van der Waals surface area contributed by atoms with Crippen LogP contribution in [0.2, 0.25) is 0 Å². The zero-order chi connectivity index (χ0) is 12.8. The van der Waals surface area contributed by atoms with Crippen LogP contribution in [0.5, 0.6) is 0 Å². The highest BCUT2D eigenvalue weighted by atomic mass is 16.3. The molecule has 2 fully saturated rings. The number of aliphatic hydroxyl groups excluding tert-OH is 1. The van der Waals surface area contributed by atoms with Gasteiger partial charge in [-0.3, -0.25) is 0 Å². The molecule has 1 heteroatoms. The fraction of sp³-hybridized carbons (Fsp3) is 0.882. The predicted octanol–water partition coefficient (Wildman–Crippen LogP) is 4.15. The summed E-state index contributed by atoms with van der Waals surface area (Å²) < 4.78 is 0. The molecule has 102 valence electrons. The van der Waals surface area contributed by atoms with E-state index < -0.39 is 0 Å². The molecular weight excluding hydrogens is 220 g/mol. The number of rotatable bonds is 2. The number of hydrogen-bond acceptors (Lipinski definition) is 1. The van der Waals surface area contributed by atoms with Gasteiger partial charge in [0.1, 0.15) is 6.10 Å². The van der Waals surface area contributed by atoms with Gasteiger partial charge in [-0.05, 0) is 37.5 Å². The predicted molar refractivity (Wildman–Crippen MR) is 76.1 cm³/mol. The molecule has 1 N–H and O–H groups in total. The molecule has 2 aliphatic carbocycles. The highest BCUT2D eigenvalue weighted by Crippen LogP contribution is 2.30. The maximum atomic E-state index is 10.1. The molecule has 2 saturated carbocycles. The largest absolute Gasteiger partial charge is 0.380 e. The fourth-order valence-corrected chi connectivity index (χ4v) is 3.54. The topological polar surface area (TPSA) is 20.2 Å². The lowest BCUT2D eigenvalue weighted by Gasteiger charge is -2.25. The zero-order valence-corrected chi connectivity index (χ0v) is 11.8. The second-order valence-corrected chi connectivity index (χ2v) is 6.32. The van der Waals surface area contributed by atoms with Crippen LogP contribution in [-0.2, 0) is 0 Å². The first-order chi connectivity index (χ1) is 8.77. The first-order valence-corrected chi connectivity index (χ1v) is 7.96. The minimum absolute atomic E-state index is 0.364. The molecule has 0 radical (unpaired) electrons. The Morgan fingerprint density at radius 3 is 1.83 bits per heavy atom. The van der Waals surface area contributed by atoms with Crippen LogP contribution < -0.4 is 0 Å². The summed E-state index contributed by atoms with van der Waals surface area (Å²) in [6.07, 6.45) is 12.7. The van der Waals surface area contributed by atoms with Crippen molar-refractivity contribution in [3.63, 3.8) is 0 Å². The van der Waals surface area contributed by atoms with E-state index in [4.69, 9.17) is 0 Å². The average molecular weight is 248 g/mol. The van der Waals surface area contributed by atoms with Crippen molar-refractivity contribution in [2.75, 3.05) is 0 Å². The van der Waals surface area contributed by atoms with E-state index >= 15 is 0 Å². The van der Waals surface area contributed by atoms with Gasteiger partial charge in [0.05, 0.1) is 0 Å².